The predicted octanol–water partition coefficient (Wildman–Crippen LogP) is 2.15. The lowest BCUT2D eigenvalue weighted by atomic mass is 9.97. The molecule has 3 atom stereocenters. The second kappa shape index (κ2) is 11.8. The summed E-state index contributed by atoms with van der Waals surface area (Å²) >= 11 is 0. The molecule has 0 spiro atoms. The number of aromatic nitrogens is 4. The number of nitrogens with zero attached hydrogens (tertiary/aromatic N) is 7. The van der Waals surface area contributed by atoms with Crippen LogP contribution in [0.15, 0.2) is 42.9 Å². The number of fused-ring (bicyclic) bond motifs is 1. The van der Waals surface area contributed by atoms with Crippen molar-refractivity contribution in [3.63, 3.8) is 0 Å². The van der Waals surface area contributed by atoms with E-state index in [0.29, 0.717) is 61.5 Å². The maximum absolute atomic E-state index is 14.1. The average molecular weight is 589 g/mol. The molecule has 1 N–H and O–H groups in total. The normalized spacial score (nSPS) is 21.0. The lowest BCUT2D eigenvalue weighted by Gasteiger charge is -2.38. The van der Waals surface area contributed by atoms with Crippen LogP contribution >= 0.6 is 0 Å². The van der Waals surface area contributed by atoms with Gasteiger partial charge < -0.3 is 20.0 Å². The summed E-state index contributed by atoms with van der Waals surface area (Å²) in [6.45, 7) is 9.93. The minimum Gasteiger partial charge on any atom is -0.349 e. The topological polar surface area (TPSA) is 117 Å². The van der Waals surface area contributed by atoms with Crippen LogP contribution < -0.4 is 5.32 Å². The Bertz CT molecular complexity index is 1510. The third-order valence-electron chi connectivity index (χ3n) is 9.12. The van der Waals surface area contributed by atoms with E-state index in [9.17, 15) is 18.8 Å². The van der Waals surface area contributed by atoms with Crippen LogP contribution in [0, 0.1) is 37.4 Å². The standard InChI is InChI=1S/C31H37FN8O3/c1-19-29(20(2)40(36-19)28-12-33-8-9-34-28)31(43)39-15-23-13-37(14-24(23)16-39)10-7-27(22-5-4-6-26(32)11-22)35-30(42)25-17-38(18-25)21(3)41/h4-6,8-9,11-12,23-25,27H,7,10,13-18H2,1-3H3,(H,35,42)/t23?,24?,27-/m0/s1. The minimum atomic E-state index is -0.337. The van der Waals surface area contributed by atoms with Gasteiger partial charge in [0.25, 0.3) is 5.91 Å². The molecule has 226 valence electrons. The van der Waals surface area contributed by atoms with E-state index in [4.69, 9.17) is 0 Å². The van der Waals surface area contributed by atoms with Crippen LogP contribution in [-0.2, 0) is 9.59 Å². The van der Waals surface area contributed by atoms with Gasteiger partial charge in [-0.15, -0.1) is 0 Å². The molecule has 2 unspecified atom stereocenters. The molecule has 0 bridgehead atoms. The van der Waals surface area contributed by atoms with Gasteiger partial charge in [0.15, 0.2) is 5.82 Å². The maximum atomic E-state index is 14.1. The number of likely N-dealkylation sites (tertiary alicyclic amines) is 3. The summed E-state index contributed by atoms with van der Waals surface area (Å²) in [7, 11) is 0. The van der Waals surface area contributed by atoms with Gasteiger partial charge in [-0.1, -0.05) is 12.1 Å². The largest absolute Gasteiger partial charge is 0.349 e. The molecule has 3 aromatic rings. The van der Waals surface area contributed by atoms with Gasteiger partial charge in [0.1, 0.15) is 5.82 Å². The number of benzene rings is 1. The highest BCUT2D eigenvalue weighted by molar-refractivity contribution is 5.96. The van der Waals surface area contributed by atoms with Crippen LogP contribution in [0.5, 0.6) is 0 Å². The molecule has 1 aromatic carbocycles. The fourth-order valence-electron chi connectivity index (χ4n) is 6.72. The SMILES string of the molecule is CC(=O)N1CC(C(=O)N[C@@H](CCN2CC3CN(C(=O)c4c(C)nn(-c5cnccn5)c4C)CC3C2)c2cccc(F)c2)C1. The molecule has 3 saturated heterocycles. The van der Waals surface area contributed by atoms with Gasteiger partial charge in [0.05, 0.1) is 35.1 Å². The van der Waals surface area contributed by atoms with Crippen LogP contribution in [0.25, 0.3) is 5.82 Å². The second-order valence-corrected chi connectivity index (χ2v) is 12.0. The van der Waals surface area contributed by atoms with Gasteiger partial charge >= 0.3 is 0 Å². The minimum absolute atomic E-state index is 0.000644. The van der Waals surface area contributed by atoms with Crippen molar-refractivity contribution in [3.05, 3.63) is 71.2 Å². The first-order valence-electron chi connectivity index (χ1n) is 14.8. The Hall–Kier alpha value is -4.19. The monoisotopic (exact) mass is 588 g/mol. The molecule has 2 aromatic heterocycles. The molecule has 5 heterocycles. The Labute approximate surface area is 250 Å². The van der Waals surface area contributed by atoms with E-state index in [2.05, 4.69) is 25.3 Å². The number of hydrogen-bond acceptors (Lipinski definition) is 7. The number of amides is 3. The number of rotatable bonds is 8. The van der Waals surface area contributed by atoms with Crippen molar-refractivity contribution in [2.45, 2.75) is 33.2 Å². The molecular weight excluding hydrogens is 551 g/mol. The van der Waals surface area contributed by atoms with E-state index in [1.807, 2.05) is 24.8 Å². The van der Waals surface area contributed by atoms with Crippen molar-refractivity contribution < 1.29 is 18.8 Å². The first kappa shape index (κ1) is 28.9. The Morgan fingerprint density at radius 1 is 1.02 bits per heavy atom. The molecule has 0 aliphatic carbocycles. The third kappa shape index (κ3) is 5.88. The molecule has 12 heteroatoms. The van der Waals surface area contributed by atoms with Gasteiger partial charge in [-0.25, -0.2) is 14.1 Å². The third-order valence-corrected chi connectivity index (χ3v) is 9.12. The molecule has 11 nitrogen and oxygen atoms in total. The van der Waals surface area contributed by atoms with Gasteiger partial charge in [-0.3, -0.25) is 19.4 Å². The fraction of sp³-hybridized carbons (Fsp3) is 0.484. The van der Waals surface area contributed by atoms with Crippen LogP contribution in [0.2, 0.25) is 0 Å². The van der Waals surface area contributed by atoms with Crippen molar-refractivity contribution in [1.82, 2.24) is 39.8 Å². The number of carbonyl (C=O) groups excluding carboxylic acids is 3. The van der Waals surface area contributed by atoms with Crippen molar-refractivity contribution in [1.29, 1.82) is 0 Å². The molecule has 0 saturated carbocycles. The van der Waals surface area contributed by atoms with Gasteiger partial charge in [-0.2, -0.15) is 5.10 Å². The molecule has 0 radical (unpaired) electrons. The summed E-state index contributed by atoms with van der Waals surface area (Å²) in [6, 6.07) is 6.06. The van der Waals surface area contributed by atoms with E-state index in [-0.39, 0.29) is 35.5 Å². The summed E-state index contributed by atoms with van der Waals surface area (Å²) in [6.07, 6.45) is 5.47. The van der Waals surface area contributed by atoms with Crippen molar-refractivity contribution in [2.75, 3.05) is 45.8 Å². The molecule has 3 amide bonds. The molecule has 3 fully saturated rings. The molecular formula is C31H37FN8O3. The van der Waals surface area contributed by atoms with E-state index in [1.165, 1.54) is 19.1 Å². The predicted molar refractivity (Wildman–Crippen MR) is 156 cm³/mol. The van der Waals surface area contributed by atoms with E-state index in [0.717, 1.165) is 30.9 Å². The highest BCUT2D eigenvalue weighted by Gasteiger charge is 2.43. The van der Waals surface area contributed by atoms with E-state index in [1.54, 1.807) is 34.2 Å². The fourth-order valence-corrected chi connectivity index (χ4v) is 6.72. The number of aryl methyl sites for hydroxylation is 1. The second-order valence-electron chi connectivity index (χ2n) is 12.0. The van der Waals surface area contributed by atoms with E-state index < -0.39 is 0 Å². The quantitative estimate of drug-likeness (QED) is 0.429. The highest BCUT2D eigenvalue weighted by atomic mass is 19.1. The van der Waals surface area contributed by atoms with Crippen molar-refractivity contribution in [3.8, 4) is 5.82 Å². The lowest BCUT2D eigenvalue weighted by molar-refractivity contribution is -0.141. The molecule has 3 aliphatic heterocycles. The summed E-state index contributed by atoms with van der Waals surface area (Å²) < 4.78 is 15.8. The zero-order valence-corrected chi connectivity index (χ0v) is 24.7. The first-order valence-corrected chi connectivity index (χ1v) is 14.8. The summed E-state index contributed by atoms with van der Waals surface area (Å²) in [4.78, 5) is 52.5. The highest BCUT2D eigenvalue weighted by Crippen LogP contribution is 2.33. The summed E-state index contributed by atoms with van der Waals surface area (Å²) in [5, 5.41) is 7.69. The van der Waals surface area contributed by atoms with Crippen molar-refractivity contribution in [2.24, 2.45) is 17.8 Å². The first-order chi connectivity index (χ1) is 20.7. The summed E-state index contributed by atoms with van der Waals surface area (Å²) in [5.74, 6) is 0.601. The van der Waals surface area contributed by atoms with Gasteiger partial charge in [0, 0.05) is 65.1 Å². The Kier molecular flexibility index (Phi) is 7.95. The van der Waals surface area contributed by atoms with Crippen LogP contribution in [0.4, 0.5) is 4.39 Å². The van der Waals surface area contributed by atoms with Crippen LogP contribution in [0.1, 0.15) is 46.7 Å². The zero-order chi connectivity index (χ0) is 30.2. The maximum Gasteiger partial charge on any atom is 0.257 e. The Balaban J connectivity index is 1.06. The van der Waals surface area contributed by atoms with Crippen molar-refractivity contribution >= 4 is 17.7 Å². The Morgan fingerprint density at radius 3 is 2.42 bits per heavy atom. The number of nitrogens with one attached hydrogen (secondary N) is 1. The van der Waals surface area contributed by atoms with Crippen LogP contribution in [0.3, 0.4) is 0 Å². The molecule has 3 aliphatic rings. The number of carbonyl (C=O) groups is 3. The van der Waals surface area contributed by atoms with Gasteiger partial charge in [-0.05, 0) is 49.8 Å². The van der Waals surface area contributed by atoms with Crippen LogP contribution in [-0.4, -0.2) is 98.0 Å². The number of halogens is 1. The smallest absolute Gasteiger partial charge is 0.257 e. The summed E-state index contributed by atoms with van der Waals surface area (Å²) in [5.41, 5.74) is 2.78. The van der Waals surface area contributed by atoms with E-state index >= 15 is 0 Å². The Morgan fingerprint density at radius 2 is 1.77 bits per heavy atom. The van der Waals surface area contributed by atoms with Gasteiger partial charge in [0.2, 0.25) is 11.8 Å². The molecule has 6 rings (SSSR count). The number of hydrogen-bond donors (Lipinski definition) is 1. The lowest BCUT2D eigenvalue weighted by Crippen LogP contribution is -2.55. The average Bonchev–Trinajstić information content (AvgIpc) is 3.61. The molecule has 43 heavy (non-hydrogen) atoms. The zero-order valence-electron chi connectivity index (χ0n) is 24.7.